The first kappa shape index (κ1) is 12.7. The first-order chi connectivity index (χ1) is 8.65. The number of nitrogens with zero attached hydrogens (tertiary/aromatic N) is 1. The second-order valence-corrected chi connectivity index (χ2v) is 4.47. The predicted octanol–water partition coefficient (Wildman–Crippen LogP) is 1.76. The topological polar surface area (TPSA) is 59.8 Å². The number of amides is 1. The van der Waals surface area contributed by atoms with Gasteiger partial charge in [-0.25, -0.2) is 4.79 Å². The third-order valence-electron chi connectivity index (χ3n) is 3.29. The molecule has 18 heavy (non-hydrogen) atoms. The molecule has 0 saturated carbocycles. The van der Waals surface area contributed by atoms with E-state index in [2.05, 4.69) is 0 Å². The van der Waals surface area contributed by atoms with Crippen LogP contribution >= 0.6 is 0 Å². The molecule has 1 amide bonds. The SMILES string of the molecule is COC(=O)C1CCCCN1C(=O)c1occc1C. The van der Waals surface area contributed by atoms with E-state index in [4.69, 9.17) is 9.15 Å². The van der Waals surface area contributed by atoms with Gasteiger partial charge in [0, 0.05) is 12.1 Å². The fourth-order valence-electron chi connectivity index (χ4n) is 2.28. The number of esters is 1. The normalized spacial score (nSPS) is 19.7. The summed E-state index contributed by atoms with van der Waals surface area (Å²) in [5.74, 6) is -0.273. The first-order valence-electron chi connectivity index (χ1n) is 6.08. The minimum absolute atomic E-state index is 0.229. The minimum Gasteiger partial charge on any atom is -0.467 e. The molecule has 5 heteroatoms. The smallest absolute Gasteiger partial charge is 0.328 e. The fourth-order valence-corrected chi connectivity index (χ4v) is 2.28. The Morgan fingerprint density at radius 2 is 2.22 bits per heavy atom. The van der Waals surface area contributed by atoms with Crippen LogP contribution in [0.1, 0.15) is 35.4 Å². The van der Waals surface area contributed by atoms with Gasteiger partial charge in [-0.2, -0.15) is 0 Å². The molecule has 0 radical (unpaired) electrons. The highest BCUT2D eigenvalue weighted by Gasteiger charge is 2.34. The van der Waals surface area contributed by atoms with Gasteiger partial charge in [-0.15, -0.1) is 0 Å². The lowest BCUT2D eigenvalue weighted by atomic mass is 10.0. The third kappa shape index (κ3) is 2.25. The van der Waals surface area contributed by atoms with Crippen molar-refractivity contribution in [1.82, 2.24) is 4.90 Å². The standard InChI is InChI=1S/C13H17NO4/c1-9-6-8-18-11(9)12(15)14-7-4-3-5-10(14)13(16)17-2/h6,8,10H,3-5,7H2,1-2H3. The molecule has 0 bridgehead atoms. The molecule has 1 atom stereocenters. The number of carbonyl (C=O) groups is 2. The van der Waals surface area contributed by atoms with Gasteiger partial charge in [0.05, 0.1) is 13.4 Å². The number of methoxy groups -OCH3 is 1. The zero-order chi connectivity index (χ0) is 13.1. The van der Waals surface area contributed by atoms with Crippen molar-refractivity contribution in [2.75, 3.05) is 13.7 Å². The molecule has 1 aliphatic rings. The van der Waals surface area contributed by atoms with Crippen LogP contribution in [0.2, 0.25) is 0 Å². The van der Waals surface area contributed by atoms with E-state index in [9.17, 15) is 9.59 Å². The molecule has 2 rings (SSSR count). The molecule has 1 saturated heterocycles. The summed E-state index contributed by atoms with van der Waals surface area (Å²) in [5, 5.41) is 0. The Balaban J connectivity index is 2.21. The van der Waals surface area contributed by atoms with Gasteiger partial charge in [0.2, 0.25) is 0 Å². The average molecular weight is 251 g/mol. The van der Waals surface area contributed by atoms with Crippen molar-refractivity contribution in [3.05, 3.63) is 23.7 Å². The lowest BCUT2D eigenvalue weighted by molar-refractivity contribution is -0.147. The number of likely N-dealkylation sites (tertiary alicyclic amines) is 1. The molecule has 1 aliphatic heterocycles. The second kappa shape index (κ2) is 5.25. The summed E-state index contributed by atoms with van der Waals surface area (Å²) >= 11 is 0. The minimum atomic E-state index is -0.485. The number of furan rings is 1. The molecular weight excluding hydrogens is 234 g/mol. The molecule has 1 aromatic rings. The molecule has 0 N–H and O–H groups in total. The number of piperidine rings is 1. The number of hydrogen-bond acceptors (Lipinski definition) is 4. The van der Waals surface area contributed by atoms with Crippen molar-refractivity contribution in [2.24, 2.45) is 0 Å². The van der Waals surface area contributed by atoms with Crippen LogP contribution in [0.4, 0.5) is 0 Å². The number of aryl methyl sites for hydroxylation is 1. The average Bonchev–Trinajstić information content (AvgIpc) is 2.83. The van der Waals surface area contributed by atoms with E-state index in [1.54, 1.807) is 11.0 Å². The molecule has 0 spiro atoms. The van der Waals surface area contributed by atoms with Crippen LogP contribution < -0.4 is 0 Å². The summed E-state index contributed by atoms with van der Waals surface area (Å²) in [5.41, 5.74) is 0.786. The molecule has 98 valence electrons. The van der Waals surface area contributed by atoms with Gasteiger partial charge in [0.15, 0.2) is 5.76 Å². The summed E-state index contributed by atoms with van der Waals surface area (Å²) < 4.78 is 9.95. The van der Waals surface area contributed by atoms with E-state index >= 15 is 0 Å². The Morgan fingerprint density at radius 1 is 1.44 bits per heavy atom. The molecule has 0 aliphatic carbocycles. The molecule has 2 heterocycles. The fraction of sp³-hybridized carbons (Fsp3) is 0.538. The lowest BCUT2D eigenvalue weighted by Gasteiger charge is -2.33. The third-order valence-corrected chi connectivity index (χ3v) is 3.29. The Kier molecular flexibility index (Phi) is 3.69. The Labute approximate surface area is 106 Å². The molecule has 0 aromatic carbocycles. The lowest BCUT2D eigenvalue weighted by Crippen LogP contribution is -2.48. The molecule has 1 aromatic heterocycles. The van der Waals surface area contributed by atoms with E-state index in [-0.39, 0.29) is 11.9 Å². The molecule has 1 unspecified atom stereocenters. The maximum Gasteiger partial charge on any atom is 0.328 e. The molecular formula is C13H17NO4. The van der Waals surface area contributed by atoms with Crippen molar-refractivity contribution in [1.29, 1.82) is 0 Å². The highest BCUT2D eigenvalue weighted by molar-refractivity contribution is 5.95. The predicted molar refractivity (Wildman–Crippen MR) is 64.1 cm³/mol. The first-order valence-corrected chi connectivity index (χ1v) is 6.08. The van der Waals surface area contributed by atoms with E-state index in [1.807, 2.05) is 6.92 Å². The highest BCUT2D eigenvalue weighted by atomic mass is 16.5. The van der Waals surface area contributed by atoms with Crippen molar-refractivity contribution < 1.29 is 18.7 Å². The Hall–Kier alpha value is -1.78. The van der Waals surface area contributed by atoms with E-state index in [0.717, 1.165) is 18.4 Å². The van der Waals surface area contributed by atoms with E-state index in [0.29, 0.717) is 18.7 Å². The van der Waals surface area contributed by atoms with Crippen molar-refractivity contribution >= 4 is 11.9 Å². The summed E-state index contributed by atoms with van der Waals surface area (Å²) in [4.78, 5) is 25.6. The monoisotopic (exact) mass is 251 g/mol. The van der Waals surface area contributed by atoms with Crippen LogP contribution in [0.25, 0.3) is 0 Å². The number of rotatable bonds is 2. The van der Waals surface area contributed by atoms with E-state index in [1.165, 1.54) is 13.4 Å². The van der Waals surface area contributed by atoms with E-state index < -0.39 is 6.04 Å². The number of carbonyl (C=O) groups excluding carboxylic acids is 2. The number of ether oxygens (including phenoxy) is 1. The van der Waals surface area contributed by atoms with Gasteiger partial charge >= 0.3 is 5.97 Å². The maximum absolute atomic E-state index is 12.3. The van der Waals surface area contributed by atoms with Crippen LogP contribution in [0, 0.1) is 6.92 Å². The van der Waals surface area contributed by atoms with Crippen LogP contribution in [-0.2, 0) is 9.53 Å². The quantitative estimate of drug-likeness (QED) is 0.751. The summed E-state index contributed by atoms with van der Waals surface area (Å²) in [7, 11) is 1.34. The Bertz CT molecular complexity index is 452. The van der Waals surface area contributed by atoms with Crippen LogP contribution in [0.15, 0.2) is 16.7 Å². The zero-order valence-electron chi connectivity index (χ0n) is 10.6. The Morgan fingerprint density at radius 3 is 2.83 bits per heavy atom. The zero-order valence-corrected chi connectivity index (χ0v) is 10.6. The van der Waals surface area contributed by atoms with Gasteiger partial charge in [-0.3, -0.25) is 4.79 Å². The van der Waals surface area contributed by atoms with Gasteiger partial charge in [-0.05, 0) is 32.3 Å². The van der Waals surface area contributed by atoms with Crippen LogP contribution in [0.3, 0.4) is 0 Å². The van der Waals surface area contributed by atoms with Crippen molar-refractivity contribution in [3.8, 4) is 0 Å². The molecule has 1 fully saturated rings. The van der Waals surface area contributed by atoms with Gasteiger partial charge in [-0.1, -0.05) is 0 Å². The van der Waals surface area contributed by atoms with Gasteiger partial charge in [0.1, 0.15) is 6.04 Å². The largest absolute Gasteiger partial charge is 0.467 e. The van der Waals surface area contributed by atoms with Crippen molar-refractivity contribution in [2.45, 2.75) is 32.2 Å². The summed E-state index contributed by atoms with van der Waals surface area (Å²) in [6, 6.07) is 1.25. The maximum atomic E-state index is 12.3. The highest BCUT2D eigenvalue weighted by Crippen LogP contribution is 2.22. The number of hydrogen-bond donors (Lipinski definition) is 0. The molecule has 5 nitrogen and oxygen atoms in total. The second-order valence-electron chi connectivity index (χ2n) is 4.47. The summed E-state index contributed by atoms with van der Waals surface area (Å²) in [6.45, 7) is 2.38. The van der Waals surface area contributed by atoms with Gasteiger partial charge in [0.25, 0.3) is 5.91 Å². The van der Waals surface area contributed by atoms with Crippen LogP contribution in [0.5, 0.6) is 0 Å². The van der Waals surface area contributed by atoms with Crippen molar-refractivity contribution in [3.63, 3.8) is 0 Å². The van der Waals surface area contributed by atoms with Gasteiger partial charge < -0.3 is 14.1 Å². The summed E-state index contributed by atoms with van der Waals surface area (Å²) in [6.07, 6.45) is 3.97. The van der Waals surface area contributed by atoms with Crippen LogP contribution in [-0.4, -0.2) is 36.5 Å².